The van der Waals surface area contributed by atoms with Crippen molar-refractivity contribution >= 4 is 68.1 Å². The van der Waals surface area contributed by atoms with Crippen molar-refractivity contribution in [2.45, 2.75) is 0 Å². The molecule has 0 spiro atoms. The first kappa shape index (κ1) is 22.7. The molecule has 3 aromatic carbocycles. The molecule has 0 atom stereocenters. The van der Waals surface area contributed by atoms with E-state index >= 15 is 0 Å². The summed E-state index contributed by atoms with van der Waals surface area (Å²) in [6.45, 7) is 0. The second-order valence-electron chi connectivity index (χ2n) is 6.26. The number of nitrogens with one attached hydrogen (secondary N) is 3. The molecule has 0 aliphatic carbocycles. The van der Waals surface area contributed by atoms with Gasteiger partial charge in [0.15, 0.2) is 5.11 Å². The summed E-state index contributed by atoms with van der Waals surface area (Å²) in [5.74, 6) is -0.282. The third-order valence-electron chi connectivity index (χ3n) is 4.16. The Morgan fingerprint density at radius 2 is 1.68 bits per heavy atom. The van der Waals surface area contributed by atoms with Crippen molar-refractivity contribution in [1.82, 2.24) is 5.32 Å². The van der Waals surface area contributed by atoms with E-state index in [-0.39, 0.29) is 16.9 Å². The Balaban J connectivity index is 1.67. The average Bonchev–Trinajstić information content (AvgIpc) is 2.75. The van der Waals surface area contributed by atoms with Gasteiger partial charge in [-0.1, -0.05) is 39.7 Å². The first-order valence-corrected chi connectivity index (χ1v) is 10.6. The second kappa shape index (κ2) is 10.4. The van der Waals surface area contributed by atoms with Gasteiger partial charge >= 0.3 is 0 Å². The van der Waals surface area contributed by atoms with E-state index in [2.05, 4.69) is 31.9 Å². The maximum absolute atomic E-state index is 12.5. The molecule has 0 bridgehead atoms. The maximum atomic E-state index is 12.5. The van der Waals surface area contributed by atoms with E-state index in [9.17, 15) is 9.59 Å². The van der Waals surface area contributed by atoms with Gasteiger partial charge in [0, 0.05) is 21.8 Å². The molecule has 9 heteroatoms. The number of rotatable bonds is 5. The first-order chi connectivity index (χ1) is 14.9. The number of hydrogen-bond acceptors (Lipinski definition) is 4. The van der Waals surface area contributed by atoms with Crippen LogP contribution in [-0.4, -0.2) is 24.0 Å². The largest absolute Gasteiger partial charge is 0.494 e. The van der Waals surface area contributed by atoms with Gasteiger partial charge in [0.25, 0.3) is 11.8 Å². The molecule has 6 nitrogen and oxygen atoms in total. The predicted molar refractivity (Wildman–Crippen MR) is 130 cm³/mol. The molecule has 158 valence electrons. The molecule has 0 saturated heterocycles. The summed E-state index contributed by atoms with van der Waals surface area (Å²) >= 11 is 14.6. The number of methoxy groups -OCH3 is 1. The van der Waals surface area contributed by atoms with Crippen LogP contribution in [0.5, 0.6) is 5.75 Å². The van der Waals surface area contributed by atoms with Crippen LogP contribution in [0, 0.1) is 0 Å². The molecule has 0 unspecified atom stereocenters. The normalized spacial score (nSPS) is 10.2. The fourth-order valence-corrected chi connectivity index (χ4v) is 3.34. The van der Waals surface area contributed by atoms with E-state index < -0.39 is 0 Å². The third-order valence-corrected chi connectivity index (χ3v) is 5.22. The van der Waals surface area contributed by atoms with Crippen molar-refractivity contribution in [1.29, 1.82) is 0 Å². The lowest BCUT2D eigenvalue weighted by atomic mass is 10.2. The monoisotopic (exact) mass is 517 g/mol. The summed E-state index contributed by atoms with van der Waals surface area (Å²) in [4.78, 5) is 24.8. The van der Waals surface area contributed by atoms with Gasteiger partial charge in [-0.3, -0.25) is 14.9 Å². The first-order valence-electron chi connectivity index (χ1n) is 8.99. The van der Waals surface area contributed by atoms with Crippen molar-refractivity contribution in [3.05, 3.63) is 87.4 Å². The molecular formula is C22H17BrClN3O3S. The van der Waals surface area contributed by atoms with Gasteiger partial charge in [0.1, 0.15) is 5.75 Å². The summed E-state index contributed by atoms with van der Waals surface area (Å²) in [6, 6.07) is 18.7. The minimum absolute atomic E-state index is 0.128. The Kier molecular flexibility index (Phi) is 7.62. The maximum Gasteiger partial charge on any atom is 0.257 e. The number of thiocarbonyl (C=S) groups is 1. The second-order valence-corrected chi connectivity index (χ2v) is 8.00. The average molecular weight is 519 g/mol. The van der Waals surface area contributed by atoms with E-state index in [4.69, 9.17) is 28.6 Å². The molecule has 31 heavy (non-hydrogen) atoms. The van der Waals surface area contributed by atoms with Crippen molar-refractivity contribution in [2.75, 3.05) is 17.7 Å². The van der Waals surface area contributed by atoms with Crippen LogP contribution < -0.4 is 20.7 Å². The van der Waals surface area contributed by atoms with Gasteiger partial charge in [-0.2, -0.15) is 0 Å². The van der Waals surface area contributed by atoms with Gasteiger partial charge in [-0.15, -0.1) is 0 Å². The molecule has 0 saturated carbocycles. The molecule has 0 radical (unpaired) electrons. The van der Waals surface area contributed by atoms with Crippen LogP contribution in [0.25, 0.3) is 0 Å². The molecule has 0 fully saturated rings. The zero-order valence-electron chi connectivity index (χ0n) is 16.2. The summed E-state index contributed by atoms with van der Waals surface area (Å²) in [7, 11) is 1.48. The highest BCUT2D eigenvalue weighted by Crippen LogP contribution is 2.29. The zero-order chi connectivity index (χ0) is 22.4. The smallest absolute Gasteiger partial charge is 0.257 e. The van der Waals surface area contributed by atoms with Crippen molar-refractivity contribution < 1.29 is 14.3 Å². The predicted octanol–water partition coefficient (Wildman–Crippen LogP) is 5.49. The van der Waals surface area contributed by atoms with Gasteiger partial charge < -0.3 is 15.4 Å². The molecule has 3 rings (SSSR count). The number of anilines is 2. The summed E-state index contributed by atoms with van der Waals surface area (Å²) < 4.78 is 6.25. The van der Waals surface area contributed by atoms with Crippen molar-refractivity contribution in [2.24, 2.45) is 0 Å². The topological polar surface area (TPSA) is 79.5 Å². The Morgan fingerprint density at radius 1 is 0.968 bits per heavy atom. The summed E-state index contributed by atoms with van der Waals surface area (Å²) in [5, 5.41) is 8.80. The van der Waals surface area contributed by atoms with Gasteiger partial charge in [0.2, 0.25) is 0 Å². The van der Waals surface area contributed by atoms with Crippen LogP contribution in [0.15, 0.2) is 71.2 Å². The van der Waals surface area contributed by atoms with Crippen molar-refractivity contribution in [3.63, 3.8) is 0 Å². The van der Waals surface area contributed by atoms with Crippen LogP contribution in [0.2, 0.25) is 5.02 Å². The van der Waals surface area contributed by atoms with Crippen LogP contribution in [0.1, 0.15) is 20.7 Å². The van der Waals surface area contributed by atoms with Crippen LogP contribution in [0.3, 0.4) is 0 Å². The van der Waals surface area contributed by atoms with E-state index in [1.165, 1.54) is 7.11 Å². The lowest BCUT2D eigenvalue weighted by Gasteiger charge is -2.14. The molecule has 0 heterocycles. The third kappa shape index (κ3) is 6.04. The number of amides is 2. The molecule has 3 aromatic rings. The van der Waals surface area contributed by atoms with Gasteiger partial charge in [0.05, 0.1) is 23.4 Å². The molecular weight excluding hydrogens is 502 g/mol. The fraction of sp³-hybridized carbons (Fsp3) is 0.0455. The SMILES string of the molecule is COc1cc(NC(=S)NC(=O)c2ccc(Br)cc2)ccc1NC(=O)c1ccccc1Cl. The minimum Gasteiger partial charge on any atom is -0.494 e. The minimum atomic E-state index is -0.359. The van der Waals surface area contributed by atoms with E-state index in [1.807, 2.05) is 0 Å². The van der Waals surface area contributed by atoms with Crippen LogP contribution in [-0.2, 0) is 0 Å². The van der Waals surface area contributed by atoms with E-state index in [0.717, 1.165) is 4.47 Å². The Hall–Kier alpha value is -2.94. The Bertz CT molecular complexity index is 1140. The molecule has 0 aliphatic rings. The number of carbonyl (C=O) groups is 2. The highest BCUT2D eigenvalue weighted by molar-refractivity contribution is 9.10. The number of benzene rings is 3. The Morgan fingerprint density at radius 3 is 2.35 bits per heavy atom. The zero-order valence-corrected chi connectivity index (χ0v) is 19.4. The molecule has 0 aromatic heterocycles. The van der Waals surface area contributed by atoms with Crippen LogP contribution in [0.4, 0.5) is 11.4 Å². The number of ether oxygens (including phenoxy) is 1. The molecule has 2 amide bonds. The lowest BCUT2D eigenvalue weighted by molar-refractivity contribution is 0.0976. The van der Waals surface area contributed by atoms with E-state index in [0.29, 0.717) is 33.3 Å². The number of hydrogen-bond donors (Lipinski definition) is 3. The number of carbonyl (C=O) groups excluding carboxylic acids is 2. The lowest BCUT2D eigenvalue weighted by Crippen LogP contribution is -2.34. The fourth-order valence-electron chi connectivity index (χ4n) is 2.65. The summed E-state index contributed by atoms with van der Waals surface area (Å²) in [5.41, 5.74) is 1.87. The highest BCUT2D eigenvalue weighted by Gasteiger charge is 2.14. The van der Waals surface area contributed by atoms with Gasteiger partial charge in [-0.25, -0.2) is 0 Å². The standard InChI is InChI=1S/C22H17BrClN3O3S/c1-30-19-12-15(25-22(31)27-20(28)13-6-8-14(23)9-7-13)10-11-18(19)26-21(29)16-4-2-3-5-17(16)24/h2-12H,1H3,(H,26,29)(H2,25,27,28,31). The Labute approximate surface area is 198 Å². The molecule has 0 aliphatic heterocycles. The quantitative estimate of drug-likeness (QED) is 0.389. The number of halogens is 2. The van der Waals surface area contributed by atoms with E-state index in [1.54, 1.807) is 66.7 Å². The highest BCUT2D eigenvalue weighted by atomic mass is 79.9. The van der Waals surface area contributed by atoms with Crippen LogP contribution >= 0.6 is 39.7 Å². The van der Waals surface area contributed by atoms with Crippen molar-refractivity contribution in [3.8, 4) is 5.75 Å². The molecule has 3 N–H and O–H groups in total. The van der Waals surface area contributed by atoms with Gasteiger partial charge in [-0.05, 0) is 60.7 Å². The summed E-state index contributed by atoms with van der Waals surface area (Å²) in [6.07, 6.45) is 0.